The van der Waals surface area contributed by atoms with Crippen molar-refractivity contribution >= 4 is 40.7 Å². The quantitative estimate of drug-likeness (QED) is 0.693. The molecule has 2 amide bonds. The third-order valence-electron chi connectivity index (χ3n) is 4.80. The second kappa shape index (κ2) is 9.96. The maximum Gasteiger partial charge on any atom is 0.262 e. The lowest BCUT2D eigenvalue weighted by Crippen LogP contribution is -2.40. The number of piperidine rings is 1. The Labute approximate surface area is 179 Å². The van der Waals surface area contributed by atoms with Gasteiger partial charge in [-0.15, -0.1) is 0 Å². The Balaban J connectivity index is 1.49. The second-order valence-corrected chi connectivity index (χ2v) is 7.93. The van der Waals surface area contributed by atoms with E-state index in [4.69, 9.17) is 33.7 Å². The van der Waals surface area contributed by atoms with Crippen LogP contribution in [0.25, 0.3) is 0 Å². The molecule has 0 bridgehead atoms. The molecular formula is C21H23Cl2N3O3. The summed E-state index contributed by atoms with van der Waals surface area (Å²) in [6.45, 7) is 2.21. The summed E-state index contributed by atoms with van der Waals surface area (Å²) in [5, 5.41) is 3.66. The van der Waals surface area contributed by atoms with Crippen molar-refractivity contribution in [1.82, 2.24) is 4.90 Å². The first-order valence-electron chi connectivity index (χ1n) is 9.39. The van der Waals surface area contributed by atoms with Crippen molar-refractivity contribution in [3.63, 3.8) is 0 Å². The average molecular weight is 436 g/mol. The topological polar surface area (TPSA) is 84.7 Å². The highest BCUT2D eigenvalue weighted by molar-refractivity contribution is 6.34. The van der Waals surface area contributed by atoms with E-state index >= 15 is 0 Å². The molecular weight excluding hydrogens is 413 g/mol. The van der Waals surface area contributed by atoms with Gasteiger partial charge in [-0.1, -0.05) is 35.3 Å². The molecule has 3 N–H and O–H groups in total. The lowest BCUT2D eigenvalue weighted by molar-refractivity contribution is -0.123. The second-order valence-electron chi connectivity index (χ2n) is 7.09. The predicted molar refractivity (Wildman–Crippen MR) is 114 cm³/mol. The van der Waals surface area contributed by atoms with E-state index in [2.05, 4.69) is 10.2 Å². The van der Waals surface area contributed by atoms with Gasteiger partial charge in [-0.2, -0.15) is 0 Å². The van der Waals surface area contributed by atoms with Gasteiger partial charge in [0.1, 0.15) is 5.75 Å². The van der Waals surface area contributed by atoms with Crippen LogP contribution in [0.15, 0.2) is 42.5 Å². The van der Waals surface area contributed by atoms with Crippen LogP contribution in [-0.2, 0) is 16.1 Å². The zero-order valence-corrected chi connectivity index (χ0v) is 17.4. The van der Waals surface area contributed by atoms with Gasteiger partial charge in [0, 0.05) is 29.9 Å². The summed E-state index contributed by atoms with van der Waals surface area (Å²) >= 11 is 11.9. The number of primary amides is 1. The van der Waals surface area contributed by atoms with E-state index < -0.39 is 0 Å². The molecule has 3 rings (SSSR count). The fourth-order valence-corrected chi connectivity index (χ4v) is 3.65. The lowest BCUT2D eigenvalue weighted by Gasteiger charge is -2.31. The minimum absolute atomic E-state index is 0.0738. The number of amides is 2. The fourth-order valence-electron chi connectivity index (χ4n) is 3.31. The van der Waals surface area contributed by atoms with Gasteiger partial charge in [0.2, 0.25) is 5.91 Å². The number of anilines is 1. The summed E-state index contributed by atoms with van der Waals surface area (Å²) in [6.07, 6.45) is 1.83. The van der Waals surface area contributed by atoms with Gasteiger partial charge < -0.3 is 15.8 Å². The molecule has 1 heterocycles. The van der Waals surface area contributed by atoms with Gasteiger partial charge in [0.25, 0.3) is 5.91 Å². The van der Waals surface area contributed by atoms with Crippen molar-refractivity contribution in [2.24, 2.45) is 11.7 Å². The molecule has 2 aromatic carbocycles. The van der Waals surface area contributed by atoms with Crippen molar-refractivity contribution in [3.8, 4) is 5.75 Å². The molecule has 0 aliphatic carbocycles. The van der Waals surface area contributed by atoms with Crippen molar-refractivity contribution in [2.45, 2.75) is 19.4 Å². The average Bonchev–Trinajstić information content (AvgIpc) is 2.70. The van der Waals surface area contributed by atoms with Crippen molar-refractivity contribution < 1.29 is 14.3 Å². The number of nitrogens with two attached hydrogens (primary N) is 1. The van der Waals surface area contributed by atoms with E-state index in [1.807, 2.05) is 24.3 Å². The number of carbonyl (C=O) groups is 2. The Hall–Kier alpha value is -2.28. The van der Waals surface area contributed by atoms with E-state index in [1.165, 1.54) is 0 Å². The highest BCUT2D eigenvalue weighted by Crippen LogP contribution is 2.27. The molecule has 0 radical (unpaired) electrons. The van der Waals surface area contributed by atoms with Crippen molar-refractivity contribution in [1.29, 1.82) is 0 Å². The highest BCUT2D eigenvalue weighted by Gasteiger charge is 2.23. The number of benzene rings is 2. The zero-order chi connectivity index (χ0) is 20.8. The number of halogens is 2. The van der Waals surface area contributed by atoms with E-state index in [-0.39, 0.29) is 24.3 Å². The number of likely N-dealkylation sites (tertiary alicyclic amines) is 1. The van der Waals surface area contributed by atoms with Crippen LogP contribution in [0.4, 0.5) is 5.69 Å². The van der Waals surface area contributed by atoms with E-state index in [1.54, 1.807) is 18.2 Å². The lowest BCUT2D eigenvalue weighted by atomic mass is 9.97. The largest absolute Gasteiger partial charge is 0.482 e. The minimum atomic E-state index is -0.297. The first-order valence-corrected chi connectivity index (χ1v) is 10.1. The minimum Gasteiger partial charge on any atom is -0.482 e. The van der Waals surface area contributed by atoms with Crippen molar-refractivity contribution in [2.75, 3.05) is 25.0 Å². The molecule has 1 aliphatic rings. The molecule has 0 spiro atoms. The smallest absolute Gasteiger partial charge is 0.262 e. The Morgan fingerprint density at radius 1 is 1.17 bits per heavy atom. The van der Waals surface area contributed by atoms with Crippen LogP contribution < -0.4 is 15.8 Å². The summed E-state index contributed by atoms with van der Waals surface area (Å²) in [5.74, 6) is -0.237. The fraction of sp³-hybridized carbons (Fsp3) is 0.333. The molecule has 6 nitrogen and oxygen atoms in total. The third kappa shape index (κ3) is 6.35. The zero-order valence-electron chi connectivity index (χ0n) is 15.9. The molecule has 154 valence electrons. The summed E-state index contributed by atoms with van der Waals surface area (Å²) in [5.41, 5.74) is 7.22. The van der Waals surface area contributed by atoms with Gasteiger partial charge >= 0.3 is 0 Å². The van der Waals surface area contributed by atoms with Gasteiger partial charge in [-0.25, -0.2) is 0 Å². The van der Waals surface area contributed by atoms with Crippen LogP contribution >= 0.6 is 23.2 Å². The monoisotopic (exact) mass is 435 g/mol. The summed E-state index contributed by atoms with van der Waals surface area (Å²) in [4.78, 5) is 25.8. The van der Waals surface area contributed by atoms with Gasteiger partial charge in [-0.3, -0.25) is 14.5 Å². The number of ether oxygens (including phenoxy) is 1. The Morgan fingerprint density at radius 3 is 2.66 bits per heavy atom. The van der Waals surface area contributed by atoms with Crippen LogP contribution in [0.5, 0.6) is 5.75 Å². The summed E-state index contributed by atoms with van der Waals surface area (Å²) in [7, 11) is 0. The number of hydrogen-bond donors (Lipinski definition) is 2. The molecule has 0 saturated carbocycles. The molecule has 1 aliphatic heterocycles. The van der Waals surface area contributed by atoms with E-state index in [9.17, 15) is 9.59 Å². The molecule has 29 heavy (non-hydrogen) atoms. The SMILES string of the molecule is NC(=O)C1CCCN(Cc2ccc(NC(=O)COc3cc(Cl)ccc3Cl)cc2)C1. The van der Waals surface area contributed by atoms with E-state index in [0.29, 0.717) is 28.0 Å². The number of hydrogen-bond acceptors (Lipinski definition) is 4. The normalized spacial score (nSPS) is 17.0. The van der Waals surface area contributed by atoms with Gasteiger partial charge in [0.15, 0.2) is 6.61 Å². The third-order valence-corrected chi connectivity index (χ3v) is 5.35. The summed E-state index contributed by atoms with van der Waals surface area (Å²) in [6, 6.07) is 12.4. The first-order chi connectivity index (χ1) is 13.9. The van der Waals surface area contributed by atoms with Crippen LogP contribution in [0, 0.1) is 5.92 Å². The molecule has 1 fully saturated rings. The number of nitrogens with zero attached hydrogens (tertiary/aromatic N) is 1. The Morgan fingerprint density at radius 2 is 1.93 bits per heavy atom. The molecule has 1 unspecified atom stereocenters. The number of carbonyl (C=O) groups excluding carboxylic acids is 2. The Bertz CT molecular complexity index is 874. The van der Waals surface area contributed by atoms with Gasteiger partial charge in [0.05, 0.1) is 10.9 Å². The molecule has 8 heteroatoms. The number of rotatable bonds is 7. The van der Waals surface area contributed by atoms with Crippen LogP contribution in [0.3, 0.4) is 0 Å². The summed E-state index contributed by atoms with van der Waals surface area (Å²) < 4.78 is 5.43. The molecule has 1 saturated heterocycles. The predicted octanol–water partition coefficient (Wildman–Crippen LogP) is 3.71. The Kier molecular flexibility index (Phi) is 7.36. The van der Waals surface area contributed by atoms with Crippen LogP contribution in [0.2, 0.25) is 10.0 Å². The van der Waals surface area contributed by atoms with Gasteiger partial charge in [-0.05, 0) is 49.2 Å². The molecule has 2 aromatic rings. The standard InChI is InChI=1S/C21H23Cl2N3O3/c22-16-5-8-18(23)19(10-16)29-13-20(27)25-17-6-3-14(4-7-17)11-26-9-1-2-15(12-26)21(24)28/h3-8,10,15H,1-2,9,11-13H2,(H2,24,28)(H,25,27). The maximum atomic E-state index is 12.1. The van der Waals surface area contributed by atoms with E-state index in [0.717, 1.165) is 31.5 Å². The van der Waals surface area contributed by atoms with Crippen LogP contribution in [-0.4, -0.2) is 36.4 Å². The molecule has 1 atom stereocenters. The van der Waals surface area contributed by atoms with Crippen molar-refractivity contribution in [3.05, 3.63) is 58.1 Å². The maximum absolute atomic E-state index is 12.1. The first kappa shape index (κ1) is 21.4. The molecule has 0 aromatic heterocycles. The van der Waals surface area contributed by atoms with Crippen LogP contribution in [0.1, 0.15) is 18.4 Å². The highest BCUT2D eigenvalue weighted by atomic mass is 35.5. The number of nitrogens with one attached hydrogen (secondary N) is 1.